The van der Waals surface area contributed by atoms with Gasteiger partial charge in [0.15, 0.2) is 0 Å². The van der Waals surface area contributed by atoms with E-state index in [1.807, 2.05) is 0 Å². The largest absolute Gasteiger partial charge is 0.478 e. The molecule has 1 aromatic heterocycles. The molecule has 0 spiro atoms. The predicted octanol–water partition coefficient (Wildman–Crippen LogP) is 2.79. The number of aromatic carboxylic acids is 1. The van der Waals surface area contributed by atoms with Crippen molar-refractivity contribution in [3.8, 4) is 0 Å². The lowest BCUT2D eigenvalue weighted by Crippen LogP contribution is -2.33. The number of aryl methyl sites for hydroxylation is 1. The SMILES string of the molecule is Cc1ccc(C(=O)O)c(N2CC=C(C(F)(F)F)CC2)n1. The van der Waals surface area contributed by atoms with Crippen LogP contribution >= 0.6 is 0 Å². The highest BCUT2D eigenvalue weighted by atomic mass is 19.4. The highest BCUT2D eigenvalue weighted by Gasteiger charge is 2.35. The van der Waals surface area contributed by atoms with Gasteiger partial charge in [0.05, 0.1) is 0 Å². The minimum absolute atomic E-state index is 0.000501. The van der Waals surface area contributed by atoms with Crippen LogP contribution in [0.1, 0.15) is 22.5 Å². The molecule has 108 valence electrons. The molecule has 0 saturated heterocycles. The van der Waals surface area contributed by atoms with E-state index in [9.17, 15) is 18.0 Å². The molecular formula is C13H13F3N2O2. The first kappa shape index (κ1) is 14.4. The number of halogens is 3. The number of rotatable bonds is 2. The number of carboxylic acids is 1. The van der Waals surface area contributed by atoms with E-state index < -0.39 is 17.7 Å². The van der Waals surface area contributed by atoms with Gasteiger partial charge in [-0.2, -0.15) is 13.2 Å². The van der Waals surface area contributed by atoms with Crippen LogP contribution in [-0.2, 0) is 0 Å². The van der Waals surface area contributed by atoms with Crippen molar-refractivity contribution in [1.82, 2.24) is 4.98 Å². The van der Waals surface area contributed by atoms with Crippen LogP contribution in [0.2, 0.25) is 0 Å². The van der Waals surface area contributed by atoms with E-state index in [0.717, 1.165) is 6.08 Å². The maximum absolute atomic E-state index is 12.5. The molecular weight excluding hydrogens is 273 g/mol. The molecule has 0 aliphatic carbocycles. The first-order valence-corrected chi connectivity index (χ1v) is 6.01. The topological polar surface area (TPSA) is 53.4 Å². The number of nitrogens with zero attached hydrogens (tertiary/aromatic N) is 2. The average Bonchev–Trinajstić information content (AvgIpc) is 2.37. The number of hydrogen-bond acceptors (Lipinski definition) is 3. The molecule has 20 heavy (non-hydrogen) atoms. The second-order valence-corrected chi connectivity index (χ2v) is 4.55. The number of carboxylic acid groups (broad SMARTS) is 1. The zero-order valence-electron chi connectivity index (χ0n) is 10.7. The minimum Gasteiger partial charge on any atom is -0.478 e. The molecule has 0 aromatic carbocycles. The lowest BCUT2D eigenvalue weighted by atomic mass is 10.1. The van der Waals surface area contributed by atoms with Gasteiger partial charge in [-0.25, -0.2) is 9.78 Å². The summed E-state index contributed by atoms with van der Waals surface area (Å²) in [6.45, 7) is 1.81. The Morgan fingerprint density at radius 1 is 1.40 bits per heavy atom. The second kappa shape index (κ2) is 5.15. The summed E-state index contributed by atoms with van der Waals surface area (Å²) in [6, 6.07) is 2.98. The number of alkyl halides is 3. The number of anilines is 1. The fourth-order valence-corrected chi connectivity index (χ4v) is 2.07. The molecule has 1 aromatic rings. The Labute approximate surface area is 113 Å². The Kier molecular flexibility index (Phi) is 3.69. The quantitative estimate of drug-likeness (QED) is 0.849. The van der Waals surface area contributed by atoms with Gasteiger partial charge >= 0.3 is 12.1 Å². The van der Waals surface area contributed by atoms with Crippen LogP contribution in [0.15, 0.2) is 23.8 Å². The van der Waals surface area contributed by atoms with Crippen molar-refractivity contribution in [1.29, 1.82) is 0 Å². The van der Waals surface area contributed by atoms with Crippen LogP contribution in [0, 0.1) is 6.92 Å². The molecule has 0 unspecified atom stereocenters. The molecule has 7 heteroatoms. The zero-order valence-corrected chi connectivity index (χ0v) is 10.7. The number of pyridine rings is 1. The summed E-state index contributed by atoms with van der Waals surface area (Å²) >= 11 is 0. The van der Waals surface area contributed by atoms with Gasteiger partial charge in [-0.15, -0.1) is 0 Å². The summed E-state index contributed by atoms with van der Waals surface area (Å²) in [5, 5.41) is 9.11. The van der Waals surface area contributed by atoms with Crippen LogP contribution in [0.4, 0.5) is 19.0 Å². The summed E-state index contributed by atoms with van der Waals surface area (Å²) < 4.78 is 37.6. The Bertz CT molecular complexity index is 567. The van der Waals surface area contributed by atoms with Crippen molar-refractivity contribution < 1.29 is 23.1 Å². The molecule has 2 rings (SSSR count). The molecule has 0 saturated carbocycles. The molecule has 1 aliphatic rings. The van der Waals surface area contributed by atoms with Gasteiger partial charge < -0.3 is 10.0 Å². The maximum atomic E-state index is 12.5. The van der Waals surface area contributed by atoms with Gasteiger partial charge in [0.2, 0.25) is 0 Å². The minimum atomic E-state index is -4.32. The fourth-order valence-electron chi connectivity index (χ4n) is 2.07. The Morgan fingerprint density at radius 2 is 2.10 bits per heavy atom. The summed E-state index contributed by atoms with van der Waals surface area (Å²) in [7, 11) is 0. The van der Waals surface area contributed by atoms with E-state index in [2.05, 4.69) is 4.98 Å². The zero-order chi connectivity index (χ0) is 14.9. The molecule has 0 atom stereocenters. The number of carbonyl (C=O) groups is 1. The first-order valence-electron chi connectivity index (χ1n) is 6.01. The van der Waals surface area contributed by atoms with Gasteiger partial charge in [0.1, 0.15) is 11.4 Å². The molecule has 2 heterocycles. The third-order valence-corrected chi connectivity index (χ3v) is 3.12. The van der Waals surface area contributed by atoms with Crippen molar-refractivity contribution in [2.75, 3.05) is 18.0 Å². The van der Waals surface area contributed by atoms with Crippen molar-refractivity contribution in [2.24, 2.45) is 0 Å². The summed E-state index contributed by atoms with van der Waals surface area (Å²) in [5.74, 6) is -0.923. The lowest BCUT2D eigenvalue weighted by Gasteiger charge is -2.29. The van der Waals surface area contributed by atoms with Crippen LogP contribution in [0.5, 0.6) is 0 Å². The first-order chi connectivity index (χ1) is 9.29. The molecule has 1 aliphatic heterocycles. The molecule has 0 fully saturated rings. The molecule has 0 amide bonds. The Balaban J connectivity index is 2.29. The highest BCUT2D eigenvalue weighted by Crippen LogP contribution is 2.31. The Morgan fingerprint density at radius 3 is 2.60 bits per heavy atom. The van der Waals surface area contributed by atoms with E-state index in [0.29, 0.717) is 5.69 Å². The van der Waals surface area contributed by atoms with Crippen molar-refractivity contribution >= 4 is 11.8 Å². The second-order valence-electron chi connectivity index (χ2n) is 4.55. The van der Waals surface area contributed by atoms with Gasteiger partial charge in [-0.3, -0.25) is 0 Å². The van der Waals surface area contributed by atoms with Crippen molar-refractivity contribution in [3.63, 3.8) is 0 Å². The van der Waals surface area contributed by atoms with E-state index in [4.69, 9.17) is 5.11 Å². The predicted molar refractivity (Wildman–Crippen MR) is 66.9 cm³/mol. The molecule has 0 bridgehead atoms. The average molecular weight is 286 g/mol. The number of hydrogen-bond donors (Lipinski definition) is 1. The van der Waals surface area contributed by atoms with Gasteiger partial charge in [0.25, 0.3) is 0 Å². The van der Waals surface area contributed by atoms with E-state index in [1.54, 1.807) is 17.9 Å². The summed E-state index contributed by atoms with van der Waals surface area (Å²) in [5.41, 5.74) is 0.0494. The van der Waals surface area contributed by atoms with Gasteiger partial charge in [-0.05, 0) is 25.5 Å². The van der Waals surface area contributed by atoms with Gasteiger partial charge in [-0.1, -0.05) is 6.08 Å². The van der Waals surface area contributed by atoms with E-state index >= 15 is 0 Å². The monoisotopic (exact) mass is 286 g/mol. The lowest BCUT2D eigenvalue weighted by molar-refractivity contribution is -0.0944. The fraction of sp³-hybridized carbons (Fsp3) is 0.385. The van der Waals surface area contributed by atoms with Crippen LogP contribution in [-0.4, -0.2) is 35.3 Å². The molecule has 4 nitrogen and oxygen atoms in total. The summed E-state index contributed by atoms with van der Waals surface area (Å²) in [6.07, 6.45) is -3.40. The van der Waals surface area contributed by atoms with Gasteiger partial charge in [0, 0.05) is 24.4 Å². The van der Waals surface area contributed by atoms with Crippen LogP contribution in [0.25, 0.3) is 0 Å². The standard InChI is InChI=1S/C13H13F3N2O2/c1-8-2-3-10(12(19)20)11(17-8)18-6-4-9(5-7-18)13(14,15)16/h2-4H,5-7H2,1H3,(H,19,20). The highest BCUT2D eigenvalue weighted by molar-refractivity contribution is 5.93. The van der Waals surface area contributed by atoms with E-state index in [-0.39, 0.29) is 30.9 Å². The normalized spacial score (nSPS) is 16.0. The third-order valence-electron chi connectivity index (χ3n) is 3.12. The van der Waals surface area contributed by atoms with Crippen LogP contribution < -0.4 is 4.90 Å². The molecule has 0 radical (unpaired) electrons. The van der Waals surface area contributed by atoms with Crippen molar-refractivity contribution in [2.45, 2.75) is 19.5 Å². The molecule has 1 N–H and O–H groups in total. The van der Waals surface area contributed by atoms with Crippen molar-refractivity contribution in [3.05, 3.63) is 35.0 Å². The Hall–Kier alpha value is -2.05. The smallest absolute Gasteiger partial charge is 0.412 e. The van der Waals surface area contributed by atoms with Crippen LogP contribution in [0.3, 0.4) is 0 Å². The third kappa shape index (κ3) is 2.92. The summed E-state index contributed by atoms with van der Waals surface area (Å²) in [4.78, 5) is 16.8. The number of aromatic nitrogens is 1. The van der Waals surface area contributed by atoms with E-state index in [1.165, 1.54) is 6.07 Å². The maximum Gasteiger partial charge on any atom is 0.412 e.